The Bertz CT molecular complexity index is 363. The minimum absolute atomic E-state index is 0.0251. The van der Waals surface area contributed by atoms with Crippen LogP contribution in [0.5, 0.6) is 0 Å². The molecule has 6 nitrogen and oxygen atoms in total. The number of likely N-dealkylation sites (tertiary alicyclic amines) is 1. The zero-order valence-corrected chi connectivity index (χ0v) is 11.8. The minimum Gasteiger partial charge on any atom is -0.348 e. The van der Waals surface area contributed by atoms with Gasteiger partial charge in [-0.25, -0.2) is 0 Å². The van der Waals surface area contributed by atoms with Gasteiger partial charge < -0.3 is 20.7 Å². The van der Waals surface area contributed by atoms with Gasteiger partial charge in [0, 0.05) is 6.54 Å². The van der Waals surface area contributed by atoms with Gasteiger partial charge in [0.05, 0.1) is 12.6 Å². The normalized spacial score (nSPS) is 21.1. The Balaban J connectivity index is 2.73. The molecule has 0 aromatic heterocycles. The number of hydrogen-bond acceptors (Lipinski definition) is 4. The van der Waals surface area contributed by atoms with Crippen molar-refractivity contribution in [3.8, 4) is 0 Å². The number of aldehydes is 1. The summed E-state index contributed by atoms with van der Waals surface area (Å²) in [6, 6.07) is -1.13. The molecule has 2 atom stereocenters. The van der Waals surface area contributed by atoms with Crippen LogP contribution in [0, 0.1) is 5.41 Å². The first kappa shape index (κ1) is 15.6. The predicted molar refractivity (Wildman–Crippen MR) is 71.2 cm³/mol. The summed E-state index contributed by atoms with van der Waals surface area (Å²) < 4.78 is 0. The van der Waals surface area contributed by atoms with Crippen LogP contribution in [0.15, 0.2) is 0 Å². The molecule has 0 saturated carbocycles. The number of nitrogens with two attached hydrogens (primary N) is 1. The summed E-state index contributed by atoms with van der Waals surface area (Å²) in [5, 5.41) is 2.50. The molecule has 0 unspecified atom stereocenters. The Morgan fingerprint density at radius 2 is 2.11 bits per heavy atom. The number of nitrogens with zero attached hydrogens (tertiary/aromatic N) is 1. The lowest BCUT2D eigenvalue weighted by atomic mass is 9.86. The lowest BCUT2D eigenvalue weighted by Gasteiger charge is -2.32. The smallest absolute Gasteiger partial charge is 0.243 e. The van der Waals surface area contributed by atoms with Crippen molar-refractivity contribution in [3.05, 3.63) is 0 Å². The number of nitrogens with one attached hydrogen (secondary N) is 1. The molecule has 3 N–H and O–H groups in total. The Morgan fingerprint density at radius 3 is 2.63 bits per heavy atom. The first-order chi connectivity index (χ1) is 8.79. The van der Waals surface area contributed by atoms with Crippen molar-refractivity contribution in [1.82, 2.24) is 10.2 Å². The maximum Gasteiger partial charge on any atom is 0.243 e. The van der Waals surface area contributed by atoms with Crippen LogP contribution in [0.2, 0.25) is 0 Å². The van der Waals surface area contributed by atoms with Gasteiger partial charge in [-0.3, -0.25) is 9.59 Å². The summed E-state index contributed by atoms with van der Waals surface area (Å²) in [5.74, 6) is -0.477. The van der Waals surface area contributed by atoms with Crippen LogP contribution in [0.25, 0.3) is 0 Å². The van der Waals surface area contributed by atoms with Gasteiger partial charge in [0.2, 0.25) is 11.8 Å². The maximum atomic E-state index is 12.3. The average molecular weight is 269 g/mol. The van der Waals surface area contributed by atoms with Gasteiger partial charge >= 0.3 is 0 Å². The second-order valence-electron chi connectivity index (χ2n) is 5.95. The summed E-state index contributed by atoms with van der Waals surface area (Å²) in [5.41, 5.74) is 5.61. The van der Waals surface area contributed by atoms with E-state index in [1.165, 1.54) is 4.90 Å². The summed E-state index contributed by atoms with van der Waals surface area (Å²) in [4.78, 5) is 36.0. The van der Waals surface area contributed by atoms with E-state index in [-0.39, 0.29) is 23.8 Å². The lowest BCUT2D eigenvalue weighted by Crippen LogP contribution is -2.54. The summed E-state index contributed by atoms with van der Waals surface area (Å²) in [7, 11) is 0. The van der Waals surface area contributed by atoms with Gasteiger partial charge in [0.15, 0.2) is 0 Å². The number of carbonyl (C=O) groups is 3. The van der Waals surface area contributed by atoms with Gasteiger partial charge in [0.1, 0.15) is 12.3 Å². The average Bonchev–Trinajstić information content (AvgIpc) is 2.82. The van der Waals surface area contributed by atoms with Crippen molar-refractivity contribution < 1.29 is 14.4 Å². The van der Waals surface area contributed by atoms with E-state index in [0.717, 1.165) is 6.42 Å². The Labute approximate surface area is 113 Å². The van der Waals surface area contributed by atoms with Crippen LogP contribution in [0.1, 0.15) is 33.6 Å². The molecule has 1 aliphatic rings. The molecular weight excluding hydrogens is 246 g/mol. The van der Waals surface area contributed by atoms with E-state index in [9.17, 15) is 14.4 Å². The molecule has 0 aromatic rings. The Morgan fingerprint density at radius 1 is 1.47 bits per heavy atom. The largest absolute Gasteiger partial charge is 0.348 e. The monoisotopic (exact) mass is 269 g/mol. The summed E-state index contributed by atoms with van der Waals surface area (Å²) in [6.45, 7) is 6.21. The summed E-state index contributed by atoms with van der Waals surface area (Å²) in [6.07, 6.45) is 2.02. The van der Waals surface area contributed by atoms with Crippen molar-refractivity contribution in [2.75, 3.05) is 13.1 Å². The van der Waals surface area contributed by atoms with E-state index >= 15 is 0 Å². The van der Waals surface area contributed by atoms with E-state index in [4.69, 9.17) is 5.73 Å². The molecule has 0 radical (unpaired) electrons. The number of amides is 2. The third-order valence-corrected chi connectivity index (χ3v) is 3.40. The van der Waals surface area contributed by atoms with Crippen molar-refractivity contribution >= 4 is 18.1 Å². The zero-order chi connectivity index (χ0) is 14.6. The van der Waals surface area contributed by atoms with E-state index in [0.29, 0.717) is 19.3 Å². The van der Waals surface area contributed by atoms with Gasteiger partial charge in [-0.2, -0.15) is 0 Å². The fourth-order valence-electron chi connectivity index (χ4n) is 2.11. The third kappa shape index (κ3) is 3.76. The molecule has 0 aliphatic carbocycles. The van der Waals surface area contributed by atoms with E-state index in [2.05, 4.69) is 5.32 Å². The highest BCUT2D eigenvalue weighted by molar-refractivity contribution is 5.91. The number of rotatable bonds is 4. The van der Waals surface area contributed by atoms with E-state index in [1.54, 1.807) is 0 Å². The third-order valence-electron chi connectivity index (χ3n) is 3.40. The van der Waals surface area contributed by atoms with E-state index in [1.807, 2.05) is 20.8 Å². The van der Waals surface area contributed by atoms with Crippen LogP contribution < -0.4 is 11.1 Å². The van der Waals surface area contributed by atoms with Gasteiger partial charge in [-0.05, 0) is 18.3 Å². The van der Waals surface area contributed by atoms with Crippen molar-refractivity contribution in [3.63, 3.8) is 0 Å². The van der Waals surface area contributed by atoms with Crippen molar-refractivity contribution in [2.45, 2.75) is 45.7 Å². The molecule has 0 aromatic carbocycles. The second-order valence-corrected chi connectivity index (χ2v) is 5.95. The van der Waals surface area contributed by atoms with Gasteiger partial charge in [-0.15, -0.1) is 0 Å². The molecule has 2 amide bonds. The Hall–Kier alpha value is -1.43. The van der Waals surface area contributed by atoms with E-state index < -0.39 is 12.1 Å². The van der Waals surface area contributed by atoms with Crippen molar-refractivity contribution in [2.24, 2.45) is 11.1 Å². The molecule has 6 heteroatoms. The predicted octanol–water partition coefficient (Wildman–Crippen LogP) is -0.334. The van der Waals surface area contributed by atoms with Crippen LogP contribution in [-0.2, 0) is 14.4 Å². The first-order valence-electron chi connectivity index (χ1n) is 6.56. The number of carbonyl (C=O) groups excluding carboxylic acids is 3. The van der Waals surface area contributed by atoms with Crippen LogP contribution >= 0.6 is 0 Å². The van der Waals surface area contributed by atoms with Crippen LogP contribution in [0.3, 0.4) is 0 Å². The van der Waals surface area contributed by atoms with Crippen LogP contribution in [-0.4, -0.2) is 48.2 Å². The quantitative estimate of drug-likeness (QED) is 0.683. The zero-order valence-electron chi connectivity index (χ0n) is 11.8. The fraction of sp³-hybridized carbons (Fsp3) is 0.769. The standard InChI is InChI=1S/C13H23N3O3/c1-13(2,3)10(14)12(19)16-7-4-5-9(16)11(18)15-6-8-17/h8-10H,4-7,14H2,1-3H3,(H,15,18)/t9-,10+/m0/s1. The Kier molecular flexibility index (Phi) is 5.05. The second kappa shape index (κ2) is 6.14. The molecule has 1 saturated heterocycles. The van der Waals surface area contributed by atoms with Crippen molar-refractivity contribution in [1.29, 1.82) is 0 Å². The molecule has 0 spiro atoms. The first-order valence-corrected chi connectivity index (χ1v) is 6.56. The SMILES string of the molecule is CC(C)(C)[C@H](N)C(=O)N1CCC[C@H]1C(=O)NCC=O. The molecule has 19 heavy (non-hydrogen) atoms. The molecule has 0 bridgehead atoms. The molecular formula is C13H23N3O3. The molecule has 1 fully saturated rings. The fourth-order valence-corrected chi connectivity index (χ4v) is 2.11. The topological polar surface area (TPSA) is 92.5 Å². The molecule has 1 heterocycles. The maximum absolute atomic E-state index is 12.3. The number of hydrogen-bond donors (Lipinski definition) is 2. The highest BCUT2D eigenvalue weighted by Crippen LogP contribution is 2.24. The lowest BCUT2D eigenvalue weighted by molar-refractivity contribution is -0.141. The highest BCUT2D eigenvalue weighted by atomic mass is 16.2. The molecule has 1 aliphatic heterocycles. The molecule has 108 valence electrons. The minimum atomic E-state index is -0.632. The highest BCUT2D eigenvalue weighted by Gasteiger charge is 2.39. The van der Waals surface area contributed by atoms with Gasteiger partial charge in [0.25, 0.3) is 0 Å². The van der Waals surface area contributed by atoms with Crippen LogP contribution in [0.4, 0.5) is 0 Å². The summed E-state index contributed by atoms with van der Waals surface area (Å²) >= 11 is 0. The molecule has 1 rings (SSSR count). The van der Waals surface area contributed by atoms with Gasteiger partial charge in [-0.1, -0.05) is 20.8 Å².